The molecule has 0 aliphatic rings. The molecule has 0 aromatic carbocycles. The third-order valence-electron chi connectivity index (χ3n) is 3.03. The SMILES string of the molecule is CCC(C)(Nc1nccc2sccc12)C(N)=O. The van der Waals surface area contributed by atoms with Gasteiger partial charge >= 0.3 is 0 Å². The summed E-state index contributed by atoms with van der Waals surface area (Å²) < 4.78 is 1.14. The number of nitrogens with zero attached hydrogens (tertiary/aromatic N) is 1. The fourth-order valence-electron chi connectivity index (χ4n) is 1.58. The average molecular weight is 249 g/mol. The second kappa shape index (κ2) is 4.33. The molecule has 0 radical (unpaired) electrons. The predicted octanol–water partition coefficient (Wildman–Crippen LogP) is 2.36. The van der Waals surface area contributed by atoms with Crippen LogP contribution in [-0.2, 0) is 4.79 Å². The Morgan fingerprint density at radius 3 is 3.00 bits per heavy atom. The number of carbonyl (C=O) groups excluding carboxylic acids is 1. The van der Waals surface area contributed by atoms with Gasteiger partial charge in [0, 0.05) is 16.3 Å². The van der Waals surface area contributed by atoms with E-state index in [0.717, 1.165) is 10.1 Å². The van der Waals surface area contributed by atoms with Gasteiger partial charge < -0.3 is 11.1 Å². The number of rotatable bonds is 4. The quantitative estimate of drug-likeness (QED) is 0.874. The van der Waals surface area contributed by atoms with Crippen molar-refractivity contribution in [2.24, 2.45) is 5.73 Å². The summed E-state index contributed by atoms with van der Waals surface area (Å²) in [6, 6.07) is 3.95. The number of nitrogens with two attached hydrogens (primary N) is 1. The number of anilines is 1. The van der Waals surface area contributed by atoms with Crippen molar-refractivity contribution in [2.45, 2.75) is 25.8 Å². The van der Waals surface area contributed by atoms with Crippen LogP contribution in [0.2, 0.25) is 0 Å². The number of nitrogens with one attached hydrogen (secondary N) is 1. The zero-order valence-electron chi connectivity index (χ0n) is 9.86. The van der Waals surface area contributed by atoms with Crippen LogP contribution in [0.25, 0.3) is 10.1 Å². The van der Waals surface area contributed by atoms with E-state index < -0.39 is 5.54 Å². The molecule has 0 spiro atoms. The summed E-state index contributed by atoms with van der Waals surface area (Å²) >= 11 is 1.65. The lowest BCUT2D eigenvalue weighted by Gasteiger charge is -2.26. The molecule has 2 aromatic heterocycles. The van der Waals surface area contributed by atoms with Crippen LogP contribution in [-0.4, -0.2) is 16.4 Å². The maximum atomic E-state index is 11.5. The van der Waals surface area contributed by atoms with Gasteiger partial charge in [-0.1, -0.05) is 6.92 Å². The molecule has 0 bridgehead atoms. The van der Waals surface area contributed by atoms with E-state index in [4.69, 9.17) is 5.73 Å². The molecule has 5 heteroatoms. The minimum absolute atomic E-state index is 0.367. The van der Waals surface area contributed by atoms with Crippen molar-refractivity contribution < 1.29 is 4.79 Å². The van der Waals surface area contributed by atoms with Gasteiger partial charge in [0.2, 0.25) is 5.91 Å². The number of primary amides is 1. The summed E-state index contributed by atoms with van der Waals surface area (Å²) in [5, 5.41) is 6.19. The molecule has 0 aliphatic carbocycles. The van der Waals surface area contributed by atoms with Crippen LogP contribution >= 0.6 is 11.3 Å². The minimum Gasteiger partial charge on any atom is -0.368 e. The predicted molar refractivity (Wildman–Crippen MR) is 71.1 cm³/mol. The van der Waals surface area contributed by atoms with Crippen LogP contribution in [0.1, 0.15) is 20.3 Å². The van der Waals surface area contributed by atoms with Gasteiger partial charge in [0.05, 0.1) is 0 Å². The van der Waals surface area contributed by atoms with E-state index in [-0.39, 0.29) is 5.91 Å². The van der Waals surface area contributed by atoms with E-state index in [2.05, 4.69) is 10.3 Å². The van der Waals surface area contributed by atoms with Crippen molar-refractivity contribution >= 4 is 33.1 Å². The van der Waals surface area contributed by atoms with Gasteiger partial charge in [-0.25, -0.2) is 4.98 Å². The van der Waals surface area contributed by atoms with Gasteiger partial charge in [0.15, 0.2) is 0 Å². The van der Waals surface area contributed by atoms with Crippen LogP contribution in [0.4, 0.5) is 5.82 Å². The maximum Gasteiger partial charge on any atom is 0.242 e. The van der Waals surface area contributed by atoms with Crippen LogP contribution < -0.4 is 11.1 Å². The third kappa shape index (κ3) is 2.10. The number of carbonyl (C=O) groups is 1. The van der Waals surface area contributed by atoms with Crippen LogP contribution in [0.15, 0.2) is 23.7 Å². The zero-order chi connectivity index (χ0) is 12.5. The molecule has 0 saturated heterocycles. The van der Waals surface area contributed by atoms with Gasteiger partial charge in [-0.3, -0.25) is 4.79 Å². The number of fused-ring (bicyclic) bond motifs is 1. The Labute approximate surface area is 104 Å². The highest BCUT2D eigenvalue weighted by molar-refractivity contribution is 7.17. The summed E-state index contributed by atoms with van der Waals surface area (Å²) in [6.45, 7) is 3.72. The fourth-order valence-corrected chi connectivity index (χ4v) is 2.36. The molecule has 3 N–H and O–H groups in total. The van der Waals surface area contributed by atoms with Crippen molar-refractivity contribution in [1.29, 1.82) is 0 Å². The molecule has 1 atom stereocenters. The number of hydrogen-bond acceptors (Lipinski definition) is 4. The first kappa shape index (κ1) is 11.9. The van der Waals surface area contributed by atoms with Gasteiger partial charge in [-0.15, -0.1) is 11.3 Å². The van der Waals surface area contributed by atoms with Crippen molar-refractivity contribution in [3.8, 4) is 0 Å². The largest absolute Gasteiger partial charge is 0.368 e. The molecule has 2 aromatic rings. The van der Waals surface area contributed by atoms with E-state index in [9.17, 15) is 4.79 Å². The highest BCUT2D eigenvalue weighted by Gasteiger charge is 2.29. The molecular weight excluding hydrogens is 234 g/mol. The standard InChI is InChI=1S/C12H15N3OS/c1-3-12(2,11(13)16)15-10-8-5-7-17-9(8)4-6-14-10/h4-7H,3H2,1-2H3,(H2,13,16)(H,14,15). The molecule has 0 saturated carbocycles. The molecule has 2 heterocycles. The highest BCUT2D eigenvalue weighted by atomic mass is 32.1. The van der Waals surface area contributed by atoms with Crippen molar-refractivity contribution in [1.82, 2.24) is 4.98 Å². The first-order valence-corrected chi connectivity index (χ1v) is 6.35. The van der Waals surface area contributed by atoms with Crippen LogP contribution in [0.5, 0.6) is 0 Å². The summed E-state index contributed by atoms with van der Waals surface area (Å²) in [4.78, 5) is 15.7. The van der Waals surface area contributed by atoms with Crippen LogP contribution in [0.3, 0.4) is 0 Å². The first-order valence-electron chi connectivity index (χ1n) is 5.47. The second-order valence-corrected chi connectivity index (χ2v) is 5.11. The van der Waals surface area contributed by atoms with Crippen molar-refractivity contribution in [3.05, 3.63) is 23.7 Å². The van der Waals surface area contributed by atoms with E-state index >= 15 is 0 Å². The first-order chi connectivity index (χ1) is 8.07. The van der Waals surface area contributed by atoms with Crippen LogP contribution in [0, 0.1) is 0 Å². The van der Waals surface area contributed by atoms with E-state index in [1.165, 1.54) is 0 Å². The van der Waals surface area contributed by atoms with Gasteiger partial charge in [-0.05, 0) is 30.9 Å². The number of amides is 1. The highest BCUT2D eigenvalue weighted by Crippen LogP contribution is 2.28. The Bertz CT molecular complexity index is 551. The average Bonchev–Trinajstić information content (AvgIpc) is 2.77. The van der Waals surface area contributed by atoms with Gasteiger partial charge in [0.25, 0.3) is 0 Å². The molecule has 1 amide bonds. The van der Waals surface area contributed by atoms with Gasteiger partial charge in [-0.2, -0.15) is 0 Å². The lowest BCUT2D eigenvalue weighted by Crippen LogP contribution is -2.47. The van der Waals surface area contributed by atoms with Crippen molar-refractivity contribution in [2.75, 3.05) is 5.32 Å². The summed E-state index contributed by atoms with van der Waals surface area (Å²) in [5.41, 5.74) is 4.66. The monoisotopic (exact) mass is 249 g/mol. The second-order valence-electron chi connectivity index (χ2n) is 4.17. The topological polar surface area (TPSA) is 68.0 Å². The summed E-state index contributed by atoms with van der Waals surface area (Å²) in [7, 11) is 0. The minimum atomic E-state index is -0.761. The summed E-state index contributed by atoms with van der Waals surface area (Å²) in [6.07, 6.45) is 2.35. The molecule has 0 aliphatic heterocycles. The molecule has 17 heavy (non-hydrogen) atoms. The summed E-state index contributed by atoms with van der Waals surface area (Å²) in [5.74, 6) is 0.348. The Balaban J connectivity index is 2.41. The Hall–Kier alpha value is -1.62. The maximum absolute atomic E-state index is 11.5. The lowest BCUT2D eigenvalue weighted by atomic mass is 9.98. The van der Waals surface area contributed by atoms with E-state index in [1.807, 2.05) is 24.4 Å². The molecule has 1 unspecified atom stereocenters. The number of pyridine rings is 1. The molecule has 0 fully saturated rings. The van der Waals surface area contributed by atoms with E-state index in [1.54, 1.807) is 24.5 Å². The normalized spacial score (nSPS) is 14.5. The smallest absolute Gasteiger partial charge is 0.242 e. The number of thiophene rings is 1. The number of aromatic nitrogens is 1. The fraction of sp³-hybridized carbons (Fsp3) is 0.333. The Kier molecular flexibility index (Phi) is 3.02. The Morgan fingerprint density at radius 1 is 1.59 bits per heavy atom. The lowest BCUT2D eigenvalue weighted by molar-refractivity contribution is -0.121. The molecule has 90 valence electrons. The molecular formula is C12H15N3OS. The molecule has 4 nitrogen and oxygen atoms in total. The number of hydrogen-bond donors (Lipinski definition) is 2. The third-order valence-corrected chi connectivity index (χ3v) is 3.91. The van der Waals surface area contributed by atoms with Crippen molar-refractivity contribution in [3.63, 3.8) is 0 Å². The van der Waals surface area contributed by atoms with E-state index in [0.29, 0.717) is 12.2 Å². The molecule has 2 rings (SSSR count). The zero-order valence-corrected chi connectivity index (χ0v) is 10.7. The van der Waals surface area contributed by atoms with Gasteiger partial charge in [0.1, 0.15) is 11.4 Å². The Morgan fingerprint density at radius 2 is 2.35 bits per heavy atom.